The summed E-state index contributed by atoms with van der Waals surface area (Å²) in [5, 5.41) is 3.45. The molecule has 2 heterocycles. The lowest BCUT2D eigenvalue weighted by Crippen LogP contribution is -2.53. The minimum absolute atomic E-state index is 0.451. The van der Waals surface area contributed by atoms with Crippen LogP contribution in [0.15, 0.2) is 67.3 Å². The van der Waals surface area contributed by atoms with Crippen LogP contribution in [0.5, 0.6) is 11.5 Å². The minimum Gasteiger partial charge on any atom is -0.497 e. The number of aromatic nitrogens is 2. The molecular formula is C24H28N4O3. The molecule has 0 radical (unpaired) electrons. The van der Waals surface area contributed by atoms with E-state index in [1.165, 1.54) is 0 Å². The summed E-state index contributed by atoms with van der Waals surface area (Å²) in [5.41, 5.74) is 7.74. The van der Waals surface area contributed by atoms with Gasteiger partial charge in [0.25, 0.3) is 0 Å². The van der Waals surface area contributed by atoms with E-state index in [1.54, 1.807) is 51.1 Å². The Labute approximate surface area is 182 Å². The number of methoxy groups -OCH3 is 2. The van der Waals surface area contributed by atoms with Crippen molar-refractivity contribution in [2.24, 2.45) is 5.73 Å². The van der Waals surface area contributed by atoms with Crippen molar-refractivity contribution in [2.45, 2.75) is 24.8 Å². The van der Waals surface area contributed by atoms with Gasteiger partial charge < -0.3 is 15.2 Å². The maximum Gasteiger partial charge on any atom is 0.242 e. The number of nitrogens with one attached hydrogen (secondary N) is 1. The predicted octanol–water partition coefficient (Wildman–Crippen LogP) is 2.64. The van der Waals surface area contributed by atoms with E-state index < -0.39 is 11.4 Å². The zero-order chi connectivity index (χ0) is 22.1. The average Bonchev–Trinajstić information content (AvgIpc) is 2.82. The van der Waals surface area contributed by atoms with Crippen LogP contribution in [0.1, 0.15) is 23.1 Å². The highest BCUT2D eigenvalue weighted by molar-refractivity contribution is 5.87. The van der Waals surface area contributed by atoms with Crippen molar-refractivity contribution in [1.82, 2.24) is 15.3 Å². The third kappa shape index (κ3) is 5.38. The highest BCUT2D eigenvalue weighted by Gasteiger charge is 2.40. The molecular weight excluding hydrogens is 392 g/mol. The van der Waals surface area contributed by atoms with Gasteiger partial charge in [0.05, 0.1) is 14.2 Å². The fourth-order valence-electron chi connectivity index (χ4n) is 3.66. The van der Waals surface area contributed by atoms with Crippen LogP contribution < -0.4 is 20.5 Å². The van der Waals surface area contributed by atoms with Gasteiger partial charge in [0.15, 0.2) is 0 Å². The number of benzene rings is 1. The Hall–Kier alpha value is -3.45. The molecule has 7 heteroatoms. The lowest BCUT2D eigenvalue weighted by atomic mass is 9.82. The van der Waals surface area contributed by atoms with Gasteiger partial charge in [-0.3, -0.25) is 20.1 Å². The predicted molar refractivity (Wildman–Crippen MR) is 119 cm³/mol. The van der Waals surface area contributed by atoms with E-state index in [4.69, 9.17) is 15.2 Å². The number of rotatable bonds is 11. The molecule has 31 heavy (non-hydrogen) atoms. The molecule has 0 saturated heterocycles. The number of carbonyl (C=O) groups is 1. The Morgan fingerprint density at radius 1 is 0.935 bits per heavy atom. The van der Waals surface area contributed by atoms with Gasteiger partial charge in [-0.2, -0.15) is 0 Å². The van der Waals surface area contributed by atoms with Gasteiger partial charge in [0.1, 0.15) is 17.0 Å². The van der Waals surface area contributed by atoms with E-state index in [-0.39, 0.29) is 0 Å². The van der Waals surface area contributed by atoms with Crippen molar-refractivity contribution in [1.29, 1.82) is 0 Å². The second-order valence-corrected chi connectivity index (χ2v) is 7.22. The minimum atomic E-state index is -1.14. The Bertz CT molecular complexity index is 983. The quantitative estimate of drug-likeness (QED) is 0.495. The van der Waals surface area contributed by atoms with E-state index >= 15 is 0 Å². The van der Waals surface area contributed by atoms with Gasteiger partial charge in [0.2, 0.25) is 5.91 Å². The van der Waals surface area contributed by atoms with Crippen LogP contribution in [0, 0.1) is 0 Å². The summed E-state index contributed by atoms with van der Waals surface area (Å²) in [4.78, 5) is 21.1. The molecule has 1 unspecified atom stereocenters. The smallest absolute Gasteiger partial charge is 0.242 e. The second-order valence-electron chi connectivity index (χ2n) is 7.22. The molecule has 0 saturated carbocycles. The lowest BCUT2D eigenvalue weighted by Gasteiger charge is -2.34. The third-order valence-corrected chi connectivity index (χ3v) is 5.41. The molecule has 2 aromatic heterocycles. The number of aryl methyl sites for hydroxylation is 1. The summed E-state index contributed by atoms with van der Waals surface area (Å²) in [6.45, 7) is 0.545. The average molecular weight is 421 g/mol. The number of carbonyl (C=O) groups excluding carboxylic acids is 1. The summed E-state index contributed by atoms with van der Waals surface area (Å²) >= 11 is 0. The summed E-state index contributed by atoms with van der Waals surface area (Å²) in [6.07, 6.45) is 8.80. The van der Waals surface area contributed by atoms with Crippen LogP contribution in [-0.4, -0.2) is 36.6 Å². The molecule has 0 aliphatic carbocycles. The Morgan fingerprint density at radius 2 is 1.55 bits per heavy atom. The topological polar surface area (TPSA) is 99.4 Å². The number of primary amides is 1. The standard InChI is InChI=1S/C24H28N4O3/c1-30-20-3-4-22(31-2)21(17-20)24(23(25)29,11-5-18-6-12-26-13-7-18)28-16-10-19-8-14-27-15-9-19/h3-4,6-9,12-15,17,28H,5,10-11,16H2,1-2H3,(H2,25,29). The molecule has 162 valence electrons. The van der Waals surface area contributed by atoms with Crippen molar-refractivity contribution in [3.05, 3.63) is 83.9 Å². The Kier molecular flexibility index (Phi) is 7.56. The van der Waals surface area contributed by atoms with Gasteiger partial charge >= 0.3 is 0 Å². The fourth-order valence-corrected chi connectivity index (χ4v) is 3.66. The first-order valence-corrected chi connectivity index (χ1v) is 10.1. The highest BCUT2D eigenvalue weighted by Crippen LogP contribution is 2.36. The van der Waals surface area contributed by atoms with Crippen LogP contribution in [0.4, 0.5) is 0 Å². The molecule has 3 N–H and O–H groups in total. The van der Waals surface area contributed by atoms with Gasteiger partial charge in [-0.15, -0.1) is 0 Å². The van der Waals surface area contributed by atoms with Crippen molar-refractivity contribution in [2.75, 3.05) is 20.8 Å². The van der Waals surface area contributed by atoms with Crippen LogP contribution in [0.25, 0.3) is 0 Å². The zero-order valence-corrected chi connectivity index (χ0v) is 17.9. The highest BCUT2D eigenvalue weighted by atomic mass is 16.5. The van der Waals surface area contributed by atoms with Crippen molar-refractivity contribution < 1.29 is 14.3 Å². The fraction of sp³-hybridized carbons (Fsp3) is 0.292. The molecule has 0 bridgehead atoms. The molecule has 0 spiro atoms. The monoisotopic (exact) mass is 420 g/mol. The van der Waals surface area contributed by atoms with Crippen LogP contribution >= 0.6 is 0 Å². The van der Waals surface area contributed by atoms with E-state index in [1.807, 2.05) is 30.3 Å². The lowest BCUT2D eigenvalue weighted by molar-refractivity contribution is -0.125. The largest absolute Gasteiger partial charge is 0.497 e. The van der Waals surface area contributed by atoms with Gasteiger partial charge in [-0.1, -0.05) is 0 Å². The first kappa shape index (κ1) is 22.2. The number of nitrogens with two attached hydrogens (primary N) is 1. The Balaban J connectivity index is 1.96. The van der Waals surface area contributed by atoms with Crippen LogP contribution in [-0.2, 0) is 23.2 Å². The first-order chi connectivity index (χ1) is 15.1. The molecule has 1 aromatic carbocycles. The number of pyridine rings is 2. The van der Waals surface area contributed by atoms with E-state index in [9.17, 15) is 4.79 Å². The number of amides is 1. The molecule has 3 aromatic rings. The van der Waals surface area contributed by atoms with Gasteiger partial charge in [-0.05, 0) is 72.9 Å². The zero-order valence-electron chi connectivity index (χ0n) is 17.9. The van der Waals surface area contributed by atoms with Crippen molar-refractivity contribution in [3.8, 4) is 11.5 Å². The molecule has 0 aliphatic heterocycles. The SMILES string of the molecule is COc1ccc(OC)c(C(CCc2ccncc2)(NCCc2ccncc2)C(N)=O)c1. The molecule has 1 atom stereocenters. The molecule has 3 rings (SSSR count). The summed E-state index contributed by atoms with van der Waals surface area (Å²) in [5.74, 6) is 0.731. The molecule has 0 fully saturated rings. The van der Waals surface area contributed by atoms with Crippen molar-refractivity contribution in [3.63, 3.8) is 0 Å². The second kappa shape index (κ2) is 10.5. The van der Waals surface area contributed by atoms with Gasteiger partial charge in [-0.25, -0.2) is 0 Å². The maximum atomic E-state index is 13.0. The number of hydrogen-bond acceptors (Lipinski definition) is 6. The van der Waals surface area contributed by atoms with Gasteiger partial charge in [0, 0.05) is 36.9 Å². The molecule has 0 aliphatic rings. The third-order valence-electron chi connectivity index (χ3n) is 5.41. The van der Waals surface area contributed by atoms with Crippen molar-refractivity contribution >= 4 is 5.91 Å². The maximum absolute atomic E-state index is 13.0. The summed E-state index contributed by atoms with van der Waals surface area (Å²) < 4.78 is 11.0. The number of ether oxygens (including phenoxy) is 2. The molecule has 1 amide bonds. The number of nitrogens with zero attached hydrogens (tertiary/aromatic N) is 2. The summed E-state index contributed by atoms with van der Waals surface area (Å²) in [6, 6.07) is 13.2. The van der Waals surface area contributed by atoms with E-state index in [0.29, 0.717) is 36.4 Å². The van der Waals surface area contributed by atoms with E-state index in [0.717, 1.165) is 17.5 Å². The first-order valence-electron chi connectivity index (χ1n) is 10.1. The Morgan fingerprint density at radius 3 is 2.10 bits per heavy atom. The summed E-state index contributed by atoms with van der Waals surface area (Å²) in [7, 11) is 3.17. The molecule has 7 nitrogen and oxygen atoms in total. The van der Waals surface area contributed by atoms with Crippen LogP contribution in [0.3, 0.4) is 0 Å². The number of hydrogen-bond donors (Lipinski definition) is 2. The van der Waals surface area contributed by atoms with Crippen LogP contribution in [0.2, 0.25) is 0 Å². The normalized spacial score (nSPS) is 12.7. The van der Waals surface area contributed by atoms with E-state index in [2.05, 4.69) is 15.3 Å².